The topological polar surface area (TPSA) is 26.6 Å². The first-order valence-electron chi connectivity index (χ1n) is 14.2. The van der Waals surface area contributed by atoms with Crippen LogP contribution in [0.25, 0.3) is 0 Å². The maximum absolute atomic E-state index is 6.91. The summed E-state index contributed by atoms with van der Waals surface area (Å²) in [6.07, 6.45) is 6.55. The Bertz CT molecular complexity index is 1280. The van der Waals surface area contributed by atoms with E-state index in [0.717, 1.165) is 56.9 Å². The van der Waals surface area contributed by atoms with Crippen LogP contribution in [0.5, 0.6) is 11.5 Å². The highest BCUT2D eigenvalue weighted by molar-refractivity contribution is 5.43. The summed E-state index contributed by atoms with van der Waals surface area (Å²) >= 11 is 0. The number of hydrogen-bond acceptors (Lipinski definition) is 3. The van der Waals surface area contributed by atoms with Gasteiger partial charge in [-0.25, -0.2) is 0 Å². The van der Waals surface area contributed by atoms with Crippen LogP contribution in [-0.4, -0.2) is 35.7 Å². The van der Waals surface area contributed by atoms with Crippen LogP contribution in [0.3, 0.4) is 0 Å². The first-order chi connectivity index (χ1) is 18.7. The van der Waals surface area contributed by atoms with E-state index in [4.69, 9.17) is 9.47 Å². The summed E-state index contributed by atoms with van der Waals surface area (Å²) in [6.45, 7) is 6.76. The maximum Gasteiger partial charge on any atom is 0.151 e. The first-order valence-corrected chi connectivity index (χ1v) is 14.2. The Labute approximate surface area is 226 Å². The summed E-state index contributed by atoms with van der Waals surface area (Å²) in [7, 11) is 0. The third-order valence-electron chi connectivity index (χ3n) is 8.32. The van der Waals surface area contributed by atoms with Gasteiger partial charge in [0.05, 0.1) is 18.8 Å². The van der Waals surface area contributed by atoms with Crippen molar-refractivity contribution in [3.8, 4) is 11.5 Å². The number of benzene rings is 3. The van der Waals surface area contributed by atoms with Gasteiger partial charge in [-0.2, -0.15) is 0 Å². The number of nitrogens with zero attached hydrogens (tertiary/aromatic N) is 2. The molecule has 6 rings (SSSR count). The second-order valence-corrected chi connectivity index (χ2v) is 10.7. The average Bonchev–Trinajstić information content (AvgIpc) is 3.39. The Morgan fingerprint density at radius 3 is 2.26 bits per heavy atom. The molecule has 0 amide bonds. The second kappa shape index (κ2) is 11.1. The highest BCUT2D eigenvalue weighted by atomic mass is 16.5. The lowest BCUT2D eigenvalue weighted by atomic mass is 9.86. The Hall–Kier alpha value is -3.50. The third kappa shape index (κ3) is 5.10. The molecule has 0 aliphatic carbocycles. The maximum atomic E-state index is 6.91. The van der Waals surface area contributed by atoms with E-state index in [-0.39, 0.29) is 5.60 Å². The summed E-state index contributed by atoms with van der Waals surface area (Å²) in [5.74, 6) is 2.36. The van der Waals surface area contributed by atoms with Gasteiger partial charge in [-0.3, -0.25) is 0 Å². The molecule has 0 radical (unpaired) electrons. The number of rotatable bonds is 8. The van der Waals surface area contributed by atoms with Crippen LogP contribution in [0.1, 0.15) is 60.9 Å². The Kier molecular flexibility index (Phi) is 7.24. The summed E-state index contributed by atoms with van der Waals surface area (Å²) < 4.78 is 15.1. The van der Waals surface area contributed by atoms with E-state index in [2.05, 4.69) is 101 Å². The fourth-order valence-electron chi connectivity index (χ4n) is 6.36. The molecule has 1 spiro atoms. The largest absolute Gasteiger partial charge is 0.494 e. The summed E-state index contributed by atoms with van der Waals surface area (Å²) in [5, 5.41) is 0. The van der Waals surface area contributed by atoms with Gasteiger partial charge in [0.2, 0.25) is 0 Å². The molecule has 3 heterocycles. The number of likely N-dealkylation sites (tertiary alicyclic amines) is 1. The van der Waals surface area contributed by atoms with Crippen molar-refractivity contribution < 1.29 is 9.47 Å². The van der Waals surface area contributed by atoms with Gasteiger partial charge in [0, 0.05) is 43.6 Å². The number of hydrogen-bond donors (Lipinski definition) is 0. The smallest absolute Gasteiger partial charge is 0.151 e. The molecule has 1 saturated heterocycles. The van der Waals surface area contributed by atoms with Crippen molar-refractivity contribution in [2.45, 2.75) is 50.7 Å². The van der Waals surface area contributed by atoms with E-state index >= 15 is 0 Å². The Morgan fingerprint density at radius 1 is 0.868 bits per heavy atom. The van der Waals surface area contributed by atoms with Gasteiger partial charge >= 0.3 is 0 Å². The normalized spacial score (nSPS) is 16.5. The van der Waals surface area contributed by atoms with E-state index in [1.54, 1.807) is 0 Å². The molecule has 4 heteroatoms. The molecular formula is C34H38N2O2. The molecule has 4 nitrogen and oxygen atoms in total. The minimum atomic E-state index is -0.269. The zero-order chi connectivity index (χ0) is 25.8. The van der Waals surface area contributed by atoms with Crippen LogP contribution in [0.4, 0.5) is 0 Å². The van der Waals surface area contributed by atoms with Gasteiger partial charge in [-0.1, -0.05) is 60.7 Å². The molecule has 0 atom stereocenters. The standard InChI is InChI=1S/C34H38N2O2/c1-2-37-30-17-18-32-29(25-30)26-36-22-10-16-33(36)34(38-32)19-23-35(24-20-34)21-9-15-31(27-11-5-3-6-12-27)28-13-7-4-8-14-28/h3-8,10-14,16-18,22,25,31H,2,9,15,19-21,23-24,26H2,1H3. The molecular weight excluding hydrogens is 468 g/mol. The van der Waals surface area contributed by atoms with Crippen LogP contribution in [0.2, 0.25) is 0 Å². The lowest BCUT2D eigenvalue weighted by Crippen LogP contribution is -2.46. The number of aromatic nitrogens is 1. The van der Waals surface area contributed by atoms with Crippen molar-refractivity contribution in [1.29, 1.82) is 0 Å². The monoisotopic (exact) mass is 506 g/mol. The number of piperidine rings is 1. The van der Waals surface area contributed by atoms with Crippen molar-refractivity contribution >= 4 is 0 Å². The van der Waals surface area contributed by atoms with E-state index in [1.807, 2.05) is 13.0 Å². The molecule has 1 aromatic heterocycles. The van der Waals surface area contributed by atoms with Gasteiger partial charge in [0.25, 0.3) is 0 Å². The molecule has 2 aliphatic rings. The van der Waals surface area contributed by atoms with Crippen LogP contribution >= 0.6 is 0 Å². The SMILES string of the molecule is CCOc1ccc2c(c1)Cn1cccc1C1(CCN(CCCC(c3ccccc3)c3ccccc3)CC1)O2. The van der Waals surface area contributed by atoms with Crippen molar-refractivity contribution in [2.75, 3.05) is 26.2 Å². The van der Waals surface area contributed by atoms with Crippen molar-refractivity contribution in [3.63, 3.8) is 0 Å². The van der Waals surface area contributed by atoms with Gasteiger partial charge < -0.3 is 18.9 Å². The first kappa shape index (κ1) is 24.8. The van der Waals surface area contributed by atoms with Crippen LogP contribution in [0, 0.1) is 0 Å². The lowest BCUT2D eigenvalue weighted by Gasteiger charge is -2.41. The summed E-state index contributed by atoms with van der Waals surface area (Å²) in [4.78, 5) is 2.64. The van der Waals surface area contributed by atoms with E-state index in [1.165, 1.54) is 28.8 Å². The Morgan fingerprint density at radius 2 is 1.58 bits per heavy atom. The molecule has 0 unspecified atom stereocenters. The molecule has 0 N–H and O–H groups in total. The third-order valence-corrected chi connectivity index (χ3v) is 8.32. The van der Waals surface area contributed by atoms with Gasteiger partial charge in [0.1, 0.15) is 11.5 Å². The molecule has 196 valence electrons. The van der Waals surface area contributed by atoms with Gasteiger partial charge in [0.15, 0.2) is 5.60 Å². The summed E-state index contributed by atoms with van der Waals surface area (Å²) in [5.41, 5.74) is 5.06. The number of ether oxygens (including phenoxy) is 2. The van der Waals surface area contributed by atoms with Gasteiger partial charge in [-0.05, 0) is 67.8 Å². The molecule has 3 aromatic carbocycles. The number of fused-ring (bicyclic) bond motifs is 3. The molecule has 0 saturated carbocycles. The van der Waals surface area contributed by atoms with Crippen LogP contribution in [-0.2, 0) is 12.1 Å². The fraction of sp³-hybridized carbons (Fsp3) is 0.353. The molecule has 38 heavy (non-hydrogen) atoms. The average molecular weight is 507 g/mol. The van der Waals surface area contributed by atoms with Crippen molar-refractivity contribution in [2.24, 2.45) is 0 Å². The zero-order valence-corrected chi connectivity index (χ0v) is 22.4. The predicted octanol–water partition coefficient (Wildman–Crippen LogP) is 7.23. The predicted molar refractivity (Wildman–Crippen MR) is 153 cm³/mol. The molecule has 1 fully saturated rings. The highest BCUT2D eigenvalue weighted by Crippen LogP contribution is 2.43. The highest BCUT2D eigenvalue weighted by Gasteiger charge is 2.42. The molecule has 2 aliphatic heterocycles. The zero-order valence-electron chi connectivity index (χ0n) is 22.4. The van der Waals surface area contributed by atoms with E-state index in [9.17, 15) is 0 Å². The summed E-state index contributed by atoms with van der Waals surface area (Å²) in [6, 6.07) is 32.7. The van der Waals surface area contributed by atoms with Gasteiger partial charge in [-0.15, -0.1) is 0 Å². The van der Waals surface area contributed by atoms with Crippen molar-refractivity contribution in [3.05, 3.63) is 120 Å². The van der Waals surface area contributed by atoms with Crippen LogP contribution in [0.15, 0.2) is 97.2 Å². The molecule has 4 aromatic rings. The minimum Gasteiger partial charge on any atom is -0.494 e. The van der Waals surface area contributed by atoms with Crippen LogP contribution < -0.4 is 9.47 Å². The second-order valence-electron chi connectivity index (χ2n) is 10.7. The van der Waals surface area contributed by atoms with E-state index in [0.29, 0.717) is 12.5 Å². The molecule has 0 bridgehead atoms. The lowest BCUT2D eigenvalue weighted by molar-refractivity contribution is -0.00637. The Balaban J connectivity index is 1.12. The fourth-order valence-corrected chi connectivity index (χ4v) is 6.36. The van der Waals surface area contributed by atoms with E-state index < -0.39 is 0 Å². The minimum absolute atomic E-state index is 0.269. The van der Waals surface area contributed by atoms with Crippen molar-refractivity contribution in [1.82, 2.24) is 9.47 Å². The quantitative estimate of drug-likeness (QED) is 0.252.